The van der Waals surface area contributed by atoms with Gasteiger partial charge in [-0.1, -0.05) is 0 Å². The molecule has 1 rings (SSSR count). The molecule has 5 heteroatoms. The normalized spacial score (nSPS) is 35.4. The predicted molar refractivity (Wildman–Crippen MR) is 57.9 cm³/mol. The van der Waals surface area contributed by atoms with Crippen LogP contribution in [-0.4, -0.2) is 49.5 Å². The lowest BCUT2D eigenvalue weighted by atomic mass is 10.2. The number of hydrogen-bond donors (Lipinski definition) is 1. The third-order valence-electron chi connectivity index (χ3n) is 3.01. The molecular weight excluding hydrogens is 200 g/mol. The highest BCUT2D eigenvalue weighted by atomic mass is 32.2. The monoisotopic (exact) mass is 220 g/mol. The standard InChI is InChI=1S/C9H20N2O2S/c1-7(10)6-11-4-5-14(12,13)9(3)8(11)2/h7-9H,4-6,10H2,1-3H3. The van der Waals surface area contributed by atoms with Gasteiger partial charge < -0.3 is 5.73 Å². The van der Waals surface area contributed by atoms with Crippen molar-refractivity contribution in [2.45, 2.75) is 38.1 Å². The fourth-order valence-corrected chi connectivity index (χ4v) is 3.49. The van der Waals surface area contributed by atoms with Crippen molar-refractivity contribution >= 4 is 9.84 Å². The van der Waals surface area contributed by atoms with Crippen LogP contribution in [0.1, 0.15) is 20.8 Å². The molecule has 3 unspecified atom stereocenters. The van der Waals surface area contributed by atoms with E-state index in [4.69, 9.17) is 5.73 Å². The van der Waals surface area contributed by atoms with E-state index in [1.54, 1.807) is 6.92 Å². The van der Waals surface area contributed by atoms with Crippen molar-refractivity contribution in [1.29, 1.82) is 0 Å². The van der Waals surface area contributed by atoms with E-state index >= 15 is 0 Å². The quantitative estimate of drug-likeness (QED) is 0.702. The lowest BCUT2D eigenvalue weighted by Crippen LogP contribution is -2.54. The second kappa shape index (κ2) is 4.16. The molecule has 1 aliphatic heterocycles. The molecule has 0 radical (unpaired) electrons. The summed E-state index contributed by atoms with van der Waals surface area (Å²) in [4.78, 5) is 2.16. The molecule has 14 heavy (non-hydrogen) atoms. The molecule has 0 aliphatic carbocycles. The summed E-state index contributed by atoms with van der Waals surface area (Å²) in [6.45, 7) is 7.09. The first kappa shape index (κ1) is 11.9. The second-order valence-corrected chi connectivity index (χ2v) is 6.76. The van der Waals surface area contributed by atoms with Gasteiger partial charge in [0.2, 0.25) is 0 Å². The van der Waals surface area contributed by atoms with Gasteiger partial charge in [-0.05, 0) is 20.8 Å². The maximum atomic E-state index is 11.6. The Hall–Kier alpha value is -0.130. The van der Waals surface area contributed by atoms with E-state index in [1.165, 1.54) is 0 Å². The van der Waals surface area contributed by atoms with Gasteiger partial charge in [0.05, 0.1) is 11.0 Å². The van der Waals surface area contributed by atoms with Gasteiger partial charge in [0.15, 0.2) is 9.84 Å². The van der Waals surface area contributed by atoms with Crippen LogP contribution in [0.4, 0.5) is 0 Å². The van der Waals surface area contributed by atoms with Crippen LogP contribution in [0.3, 0.4) is 0 Å². The molecule has 0 saturated carbocycles. The van der Waals surface area contributed by atoms with Crippen LogP contribution >= 0.6 is 0 Å². The summed E-state index contributed by atoms with van der Waals surface area (Å²) in [5.41, 5.74) is 5.71. The zero-order valence-electron chi connectivity index (χ0n) is 9.10. The highest BCUT2D eigenvalue weighted by molar-refractivity contribution is 7.92. The van der Waals surface area contributed by atoms with Crippen LogP contribution in [-0.2, 0) is 9.84 Å². The van der Waals surface area contributed by atoms with E-state index in [1.807, 2.05) is 13.8 Å². The van der Waals surface area contributed by atoms with Crippen molar-refractivity contribution in [2.75, 3.05) is 18.8 Å². The summed E-state index contributed by atoms with van der Waals surface area (Å²) >= 11 is 0. The Balaban J connectivity index is 2.69. The zero-order valence-corrected chi connectivity index (χ0v) is 9.92. The van der Waals surface area contributed by atoms with E-state index < -0.39 is 9.84 Å². The van der Waals surface area contributed by atoms with E-state index in [0.717, 1.165) is 6.54 Å². The summed E-state index contributed by atoms with van der Waals surface area (Å²) in [5.74, 6) is 0.269. The summed E-state index contributed by atoms with van der Waals surface area (Å²) in [5, 5.41) is -0.269. The number of nitrogens with zero attached hydrogens (tertiary/aromatic N) is 1. The third kappa shape index (κ3) is 2.46. The Morgan fingerprint density at radius 2 is 2.07 bits per heavy atom. The summed E-state index contributed by atoms with van der Waals surface area (Å²) in [7, 11) is -2.86. The average molecular weight is 220 g/mol. The fraction of sp³-hybridized carbons (Fsp3) is 1.00. The number of nitrogens with two attached hydrogens (primary N) is 1. The van der Waals surface area contributed by atoms with Crippen molar-refractivity contribution in [2.24, 2.45) is 5.73 Å². The zero-order chi connectivity index (χ0) is 10.9. The van der Waals surface area contributed by atoms with Gasteiger partial charge in [-0.25, -0.2) is 8.42 Å². The Kier molecular flexibility index (Phi) is 3.55. The van der Waals surface area contributed by atoms with Gasteiger partial charge in [-0.15, -0.1) is 0 Å². The van der Waals surface area contributed by atoms with Crippen LogP contribution in [0.2, 0.25) is 0 Å². The number of hydrogen-bond acceptors (Lipinski definition) is 4. The number of rotatable bonds is 2. The summed E-state index contributed by atoms with van der Waals surface area (Å²) in [6, 6.07) is 0.185. The van der Waals surface area contributed by atoms with E-state index in [-0.39, 0.29) is 23.1 Å². The minimum Gasteiger partial charge on any atom is -0.327 e. The SMILES string of the molecule is CC(N)CN1CCS(=O)(=O)C(C)C1C. The Bertz CT molecular complexity index is 287. The van der Waals surface area contributed by atoms with Crippen LogP contribution < -0.4 is 5.73 Å². The van der Waals surface area contributed by atoms with Gasteiger partial charge in [-0.2, -0.15) is 0 Å². The lowest BCUT2D eigenvalue weighted by molar-refractivity contribution is 0.197. The molecule has 1 heterocycles. The summed E-state index contributed by atoms with van der Waals surface area (Å²) < 4.78 is 23.1. The Labute approximate surface area is 86.4 Å². The smallest absolute Gasteiger partial charge is 0.155 e. The molecule has 1 fully saturated rings. The molecule has 0 aromatic carbocycles. The molecule has 84 valence electrons. The minimum absolute atomic E-state index is 0.0831. The van der Waals surface area contributed by atoms with Crippen molar-refractivity contribution in [3.63, 3.8) is 0 Å². The van der Waals surface area contributed by atoms with Crippen molar-refractivity contribution in [1.82, 2.24) is 4.90 Å². The van der Waals surface area contributed by atoms with Crippen LogP contribution in [0.25, 0.3) is 0 Å². The molecule has 0 aromatic rings. The molecule has 1 aliphatic rings. The highest BCUT2D eigenvalue weighted by Gasteiger charge is 2.35. The molecule has 0 aromatic heterocycles. The highest BCUT2D eigenvalue weighted by Crippen LogP contribution is 2.18. The molecule has 3 atom stereocenters. The maximum Gasteiger partial charge on any atom is 0.155 e. The largest absolute Gasteiger partial charge is 0.327 e. The van der Waals surface area contributed by atoms with E-state index in [0.29, 0.717) is 6.54 Å². The van der Waals surface area contributed by atoms with Crippen LogP contribution in [0, 0.1) is 0 Å². The first-order chi connectivity index (χ1) is 6.34. The van der Waals surface area contributed by atoms with Crippen molar-refractivity contribution in [3.05, 3.63) is 0 Å². The van der Waals surface area contributed by atoms with Crippen molar-refractivity contribution in [3.8, 4) is 0 Å². The van der Waals surface area contributed by atoms with Gasteiger partial charge in [-0.3, -0.25) is 4.90 Å². The molecule has 0 spiro atoms. The first-order valence-corrected chi connectivity index (χ1v) is 6.77. The lowest BCUT2D eigenvalue weighted by Gasteiger charge is -2.38. The minimum atomic E-state index is -2.86. The molecule has 1 saturated heterocycles. The van der Waals surface area contributed by atoms with Gasteiger partial charge >= 0.3 is 0 Å². The topological polar surface area (TPSA) is 63.4 Å². The van der Waals surface area contributed by atoms with Gasteiger partial charge in [0.1, 0.15) is 0 Å². The molecule has 4 nitrogen and oxygen atoms in total. The fourth-order valence-electron chi connectivity index (χ4n) is 1.86. The van der Waals surface area contributed by atoms with Crippen molar-refractivity contribution < 1.29 is 8.42 Å². The van der Waals surface area contributed by atoms with E-state index in [9.17, 15) is 8.42 Å². The second-order valence-electron chi connectivity index (χ2n) is 4.28. The molecular formula is C9H20N2O2S. The Morgan fingerprint density at radius 3 is 2.57 bits per heavy atom. The third-order valence-corrected chi connectivity index (χ3v) is 5.29. The summed E-state index contributed by atoms with van der Waals surface area (Å²) in [6.07, 6.45) is 0. The average Bonchev–Trinajstić information content (AvgIpc) is 2.07. The molecule has 0 amide bonds. The van der Waals surface area contributed by atoms with E-state index in [2.05, 4.69) is 4.90 Å². The predicted octanol–water partition coefficient (Wildman–Crippen LogP) is -0.159. The number of sulfone groups is 1. The maximum absolute atomic E-state index is 11.6. The Morgan fingerprint density at radius 1 is 1.50 bits per heavy atom. The van der Waals surface area contributed by atoms with Gasteiger partial charge in [0, 0.05) is 25.2 Å². The molecule has 0 bridgehead atoms. The van der Waals surface area contributed by atoms with Crippen LogP contribution in [0.5, 0.6) is 0 Å². The molecule has 2 N–H and O–H groups in total. The van der Waals surface area contributed by atoms with Crippen LogP contribution in [0.15, 0.2) is 0 Å². The first-order valence-electron chi connectivity index (χ1n) is 5.06. The van der Waals surface area contributed by atoms with Gasteiger partial charge in [0.25, 0.3) is 0 Å².